The predicted molar refractivity (Wildman–Crippen MR) is 142 cm³/mol. The molecule has 11 heteroatoms. The highest BCUT2D eigenvalue weighted by Crippen LogP contribution is 2.65. The van der Waals surface area contributed by atoms with Crippen LogP contribution in [0.25, 0.3) is 0 Å². The Morgan fingerprint density at radius 1 is 0.805 bits per heavy atom. The van der Waals surface area contributed by atoms with Gasteiger partial charge in [0, 0.05) is 47.0 Å². The van der Waals surface area contributed by atoms with Gasteiger partial charge in [0.05, 0.1) is 17.9 Å². The van der Waals surface area contributed by atoms with Crippen molar-refractivity contribution in [1.82, 2.24) is 0 Å². The van der Waals surface area contributed by atoms with Gasteiger partial charge in [-0.1, -0.05) is 26.3 Å². The fraction of sp³-hybridized carbons (Fsp3) is 0.767. The average Bonchev–Trinajstić information content (AvgIpc) is 2.79. The predicted octanol–water partition coefficient (Wildman–Crippen LogP) is 3.21. The summed E-state index contributed by atoms with van der Waals surface area (Å²) in [5.41, 5.74) is -1.64. The van der Waals surface area contributed by atoms with Gasteiger partial charge in [0.25, 0.3) is 0 Å². The number of fused-ring (bicyclic) bond motifs is 5. The molecule has 2 bridgehead atoms. The van der Waals surface area contributed by atoms with Crippen LogP contribution >= 0.6 is 0 Å². The number of carbonyl (C=O) groups excluding carboxylic acids is 5. The van der Waals surface area contributed by atoms with Crippen molar-refractivity contribution in [2.24, 2.45) is 22.7 Å². The number of ether oxygens (including phenoxy) is 6. The van der Waals surface area contributed by atoms with Crippen molar-refractivity contribution in [3.8, 4) is 0 Å². The van der Waals surface area contributed by atoms with Gasteiger partial charge in [0.15, 0.2) is 17.8 Å². The van der Waals surface area contributed by atoms with E-state index in [4.69, 9.17) is 28.4 Å². The van der Waals surface area contributed by atoms with E-state index in [2.05, 4.69) is 0 Å². The molecule has 2 saturated carbocycles. The van der Waals surface area contributed by atoms with E-state index in [0.29, 0.717) is 12.8 Å². The van der Waals surface area contributed by atoms with Gasteiger partial charge >= 0.3 is 29.8 Å². The summed E-state index contributed by atoms with van der Waals surface area (Å²) in [6.07, 6.45) is -3.39. The van der Waals surface area contributed by atoms with Crippen molar-refractivity contribution in [3.05, 3.63) is 11.1 Å². The maximum Gasteiger partial charge on any atom is 0.303 e. The summed E-state index contributed by atoms with van der Waals surface area (Å²) in [5, 5.41) is 0. The Morgan fingerprint density at radius 2 is 1.39 bits per heavy atom. The molecule has 0 radical (unpaired) electrons. The maximum atomic E-state index is 12.8. The summed E-state index contributed by atoms with van der Waals surface area (Å²) in [4.78, 5) is 63.4. The van der Waals surface area contributed by atoms with Crippen molar-refractivity contribution in [1.29, 1.82) is 0 Å². The third-order valence-electron chi connectivity index (χ3n) is 9.71. The molecule has 9 atom stereocenters. The van der Waals surface area contributed by atoms with Crippen LogP contribution in [0, 0.1) is 22.7 Å². The lowest BCUT2D eigenvalue weighted by Crippen LogP contribution is -2.80. The molecule has 0 aromatic rings. The van der Waals surface area contributed by atoms with Crippen molar-refractivity contribution in [2.45, 2.75) is 118 Å². The Hall–Kier alpha value is -2.95. The fourth-order valence-corrected chi connectivity index (χ4v) is 8.41. The summed E-state index contributed by atoms with van der Waals surface area (Å²) in [7, 11) is 0. The van der Waals surface area contributed by atoms with E-state index in [-0.39, 0.29) is 18.9 Å². The molecule has 1 saturated heterocycles. The Labute approximate surface area is 240 Å². The minimum atomic E-state index is -1.37. The lowest BCUT2D eigenvalue weighted by molar-refractivity contribution is -0.355. The molecule has 0 aromatic heterocycles. The largest absolute Gasteiger partial charge is 0.462 e. The van der Waals surface area contributed by atoms with E-state index in [0.717, 1.165) is 11.1 Å². The lowest BCUT2D eigenvalue weighted by Gasteiger charge is -2.67. The zero-order valence-corrected chi connectivity index (χ0v) is 25.4. The topological polar surface area (TPSA) is 141 Å². The van der Waals surface area contributed by atoms with E-state index < -0.39 is 82.7 Å². The zero-order chi connectivity index (χ0) is 30.7. The normalized spacial score (nSPS) is 38.9. The van der Waals surface area contributed by atoms with E-state index in [1.807, 2.05) is 20.8 Å². The van der Waals surface area contributed by atoms with Gasteiger partial charge in [0.1, 0.15) is 18.3 Å². The summed E-state index contributed by atoms with van der Waals surface area (Å²) >= 11 is 0. The minimum absolute atomic E-state index is 0.00194. The van der Waals surface area contributed by atoms with Gasteiger partial charge in [-0.05, 0) is 30.8 Å². The van der Waals surface area contributed by atoms with Gasteiger partial charge < -0.3 is 28.4 Å². The second kappa shape index (κ2) is 10.7. The van der Waals surface area contributed by atoms with E-state index >= 15 is 0 Å². The van der Waals surface area contributed by atoms with Crippen molar-refractivity contribution < 1.29 is 52.4 Å². The molecular weight excluding hydrogens is 536 g/mol. The Kier molecular flexibility index (Phi) is 8.10. The molecule has 0 N–H and O–H groups in total. The van der Waals surface area contributed by atoms with Crippen LogP contribution in [0.4, 0.5) is 0 Å². The number of esters is 5. The van der Waals surface area contributed by atoms with Crippen LogP contribution in [0.3, 0.4) is 0 Å². The smallest absolute Gasteiger partial charge is 0.303 e. The third kappa shape index (κ3) is 5.04. The number of rotatable bonds is 5. The van der Waals surface area contributed by atoms with Gasteiger partial charge in [0.2, 0.25) is 0 Å². The SMILES string of the molecule is CC(=O)OC1C2=C(C)CC[C@@H](C(OC(C)=O)[C@H]3[C@@](C)(C(OC(C)=O)CC4OC[C@]43OC(C)=O)C1OC(C)=O)C2(C)C. The van der Waals surface area contributed by atoms with Crippen LogP contribution in [-0.2, 0) is 52.4 Å². The monoisotopic (exact) mass is 578 g/mol. The first-order valence-electron chi connectivity index (χ1n) is 14.2. The van der Waals surface area contributed by atoms with Crippen LogP contribution in [-0.4, -0.2) is 72.6 Å². The summed E-state index contributed by atoms with van der Waals surface area (Å²) in [6, 6.07) is 0. The molecule has 3 fully saturated rings. The summed E-state index contributed by atoms with van der Waals surface area (Å²) in [6.45, 7) is 14.1. The molecule has 228 valence electrons. The third-order valence-corrected chi connectivity index (χ3v) is 9.71. The van der Waals surface area contributed by atoms with Gasteiger partial charge in [-0.25, -0.2) is 0 Å². The highest BCUT2D eigenvalue weighted by Gasteiger charge is 2.76. The molecule has 4 rings (SSSR count). The number of hydrogen-bond acceptors (Lipinski definition) is 11. The quantitative estimate of drug-likeness (QED) is 0.270. The minimum Gasteiger partial charge on any atom is -0.462 e. The maximum absolute atomic E-state index is 12.8. The Bertz CT molecular complexity index is 1170. The zero-order valence-electron chi connectivity index (χ0n) is 25.4. The second-order valence-electron chi connectivity index (χ2n) is 12.7. The van der Waals surface area contributed by atoms with Crippen molar-refractivity contribution in [3.63, 3.8) is 0 Å². The first-order chi connectivity index (χ1) is 19.0. The molecule has 1 aliphatic heterocycles. The molecule has 41 heavy (non-hydrogen) atoms. The molecule has 0 aromatic carbocycles. The second-order valence-corrected chi connectivity index (χ2v) is 12.7. The van der Waals surface area contributed by atoms with Gasteiger partial charge in [-0.2, -0.15) is 0 Å². The number of allylic oxidation sites excluding steroid dienone is 1. The molecule has 5 unspecified atom stereocenters. The number of hydrogen-bond donors (Lipinski definition) is 0. The van der Waals surface area contributed by atoms with Crippen LogP contribution in [0.5, 0.6) is 0 Å². The van der Waals surface area contributed by atoms with Crippen molar-refractivity contribution >= 4 is 29.8 Å². The molecule has 0 amide bonds. The summed E-state index contributed by atoms with van der Waals surface area (Å²) in [5.74, 6) is -4.09. The highest BCUT2D eigenvalue weighted by molar-refractivity contribution is 5.70. The number of carbonyl (C=O) groups is 5. The Morgan fingerprint density at radius 3 is 1.88 bits per heavy atom. The van der Waals surface area contributed by atoms with Crippen molar-refractivity contribution in [2.75, 3.05) is 6.61 Å². The molecule has 0 spiro atoms. The lowest BCUT2D eigenvalue weighted by atomic mass is 9.45. The standard InChI is InChI=1S/C30H42O11/c1-14-10-11-20-24(38-16(3)32)26-29(9,21(37-15(2)31)12-22-30(26,13-36-22)41-19(6)35)27(40-18(5)34)25(39-17(4)33)23(14)28(20,7)8/h20-22,24-27H,10-13H2,1-9H3/t20-,21?,22?,24?,25?,26-,27?,29+,30-/m0/s1. The fourth-order valence-electron chi connectivity index (χ4n) is 8.41. The molecule has 3 aliphatic carbocycles. The molecule has 4 aliphatic rings. The summed E-state index contributed by atoms with van der Waals surface area (Å²) < 4.78 is 36.3. The van der Waals surface area contributed by atoms with E-state index in [9.17, 15) is 24.0 Å². The molecule has 1 heterocycles. The van der Waals surface area contributed by atoms with Crippen LogP contribution in [0.2, 0.25) is 0 Å². The highest BCUT2D eigenvalue weighted by atomic mass is 16.6. The first-order valence-corrected chi connectivity index (χ1v) is 14.2. The first kappa shape index (κ1) is 31.0. The van der Waals surface area contributed by atoms with Crippen LogP contribution < -0.4 is 0 Å². The van der Waals surface area contributed by atoms with Gasteiger partial charge in [-0.15, -0.1) is 0 Å². The Balaban J connectivity index is 2.13. The van der Waals surface area contributed by atoms with E-state index in [1.165, 1.54) is 34.6 Å². The van der Waals surface area contributed by atoms with Crippen LogP contribution in [0.15, 0.2) is 11.1 Å². The molecule has 11 nitrogen and oxygen atoms in total. The average molecular weight is 579 g/mol. The molecular formula is C30H42O11. The van der Waals surface area contributed by atoms with E-state index in [1.54, 1.807) is 6.92 Å². The van der Waals surface area contributed by atoms with Gasteiger partial charge in [-0.3, -0.25) is 24.0 Å². The van der Waals surface area contributed by atoms with Crippen LogP contribution in [0.1, 0.15) is 81.6 Å².